The van der Waals surface area contributed by atoms with Gasteiger partial charge in [0.05, 0.1) is 4.90 Å². The van der Waals surface area contributed by atoms with E-state index in [-0.39, 0.29) is 23.3 Å². The monoisotopic (exact) mass is 563 g/mol. The molecule has 1 saturated carbocycles. The summed E-state index contributed by atoms with van der Waals surface area (Å²) in [6, 6.07) is 10.5. The Balaban J connectivity index is 1.29. The predicted octanol–water partition coefficient (Wildman–Crippen LogP) is 5.05. The lowest BCUT2D eigenvalue weighted by molar-refractivity contribution is -0.136. The van der Waals surface area contributed by atoms with Crippen molar-refractivity contribution in [2.24, 2.45) is 11.8 Å². The second kappa shape index (κ2) is 11.8. The number of alkyl carbamates (subject to hydrolysis) is 1. The SMILES string of the molecule is CC(C)(C)OC(=O)NCC1CCC(C(=O)N2CCCN(S(=O)(=O)c3ccc4cc(Cl)ccc4c3)CC2)CC1. The van der Waals surface area contributed by atoms with Crippen LogP contribution in [0.3, 0.4) is 0 Å². The molecule has 2 fully saturated rings. The molecule has 38 heavy (non-hydrogen) atoms. The van der Waals surface area contributed by atoms with Crippen LogP contribution in [0.2, 0.25) is 5.02 Å². The van der Waals surface area contributed by atoms with Crippen molar-refractivity contribution in [1.82, 2.24) is 14.5 Å². The molecule has 10 heteroatoms. The molecular weight excluding hydrogens is 526 g/mol. The van der Waals surface area contributed by atoms with Crippen molar-refractivity contribution >= 4 is 44.4 Å². The number of carbonyl (C=O) groups is 2. The van der Waals surface area contributed by atoms with Crippen LogP contribution < -0.4 is 5.32 Å². The molecule has 1 aliphatic heterocycles. The Morgan fingerprint density at radius 3 is 2.37 bits per heavy atom. The standard InChI is InChI=1S/C28H38ClN3O5S/c1-28(2,3)37-27(34)30-19-20-5-7-21(8-6-20)26(33)31-13-4-14-32(16-15-31)38(35,36)25-12-10-22-17-24(29)11-9-23(22)18-25/h9-12,17-18,20-21H,4-8,13-16,19H2,1-3H3,(H,30,34). The first-order valence-corrected chi connectivity index (χ1v) is 15.2. The van der Waals surface area contributed by atoms with Gasteiger partial charge in [0, 0.05) is 43.7 Å². The van der Waals surface area contributed by atoms with E-state index in [4.69, 9.17) is 16.3 Å². The minimum Gasteiger partial charge on any atom is -0.444 e. The van der Waals surface area contributed by atoms with Gasteiger partial charge in [0.25, 0.3) is 0 Å². The van der Waals surface area contributed by atoms with Crippen LogP contribution in [0.25, 0.3) is 10.8 Å². The van der Waals surface area contributed by atoms with Crippen LogP contribution in [-0.4, -0.2) is 67.9 Å². The van der Waals surface area contributed by atoms with E-state index in [1.807, 2.05) is 37.8 Å². The summed E-state index contributed by atoms with van der Waals surface area (Å²) in [4.78, 5) is 27.3. The van der Waals surface area contributed by atoms with Gasteiger partial charge in [0.15, 0.2) is 0 Å². The molecule has 0 spiro atoms. The third kappa shape index (κ3) is 7.18. The Labute approximate surface area is 230 Å². The average molecular weight is 564 g/mol. The number of sulfonamides is 1. The van der Waals surface area contributed by atoms with Crippen molar-refractivity contribution in [2.75, 3.05) is 32.7 Å². The predicted molar refractivity (Wildman–Crippen MR) is 149 cm³/mol. The summed E-state index contributed by atoms with van der Waals surface area (Å²) < 4.78 is 33.6. The van der Waals surface area contributed by atoms with Crippen molar-refractivity contribution in [3.8, 4) is 0 Å². The zero-order chi connectivity index (χ0) is 27.5. The van der Waals surface area contributed by atoms with E-state index in [1.165, 1.54) is 4.31 Å². The Hall–Kier alpha value is -2.36. The van der Waals surface area contributed by atoms with Crippen LogP contribution in [0.4, 0.5) is 4.79 Å². The van der Waals surface area contributed by atoms with Crippen molar-refractivity contribution < 1.29 is 22.7 Å². The van der Waals surface area contributed by atoms with Gasteiger partial charge >= 0.3 is 6.09 Å². The normalized spacial score (nSPS) is 21.6. The molecule has 8 nitrogen and oxygen atoms in total. The van der Waals surface area contributed by atoms with E-state index in [0.29, 0.717) is 43.5 Å². The van der Waals surface area contributed by atoms with Gasteiger partial charge < -0.3 is 15.0 Å². The van der Waals surface area contributed by atoms with Crippen molar-refractivity contribution in [2.45, 2.75) is 63.4 Å². The second-order valence-corrected chi connectivity index (χ2v) is 13.7. The van der Waals surface area contributed by atoms with Gasteiger partial charge in [-0.1, -0.05) is 23.7 Å². The molecule has 1 N–H and O–H groups in total. The van der Waals surface area contributed by atoms with Crippen LogP contribution in [0.5, 0.6) is 0 Å². The summed E-state index contributed by atoms with van der Waals surface area (Å²) in [5, 5.41) is 5.16. The number of fused-ring (bicyclic) bond motifs is 1. The van der Waals surface area contributed by atoms with Crippen LogP contribution >= 0.6 is 11.6 Å². The molecule has 0 radical (unpaired) electrons. The summed E-state index contributed by atoms with van der Waals surface area (Å²) in [6.45, 7) is 7.66. The molecule has 2 aromatic rings. The highest BCUT2D eigenvalue weighted by atomic mass is 35.5. The Bertz CT molecular complexity index is 1270. The number of amides is 2. The van der Waals surface area contributed by atoms with Crippen molar-refractivity contribution in [3.05, 3.63) is 41.4 Å². The third-order valence-electron chi connectivity index (χ3n) is 7.31. The first-order chi connectivity index (χ1) is 17.9. The second-order valence-electron chi connectivity index (χ2n) is 11.3. The molecule has 2 aromatic carbocycles. The minimum absolute atomic E-state index is 0.0526. The number of nitrogens with zero attached hydrogens (tertiary/aromatic N) is 2. The molecular formula is C28H38ClN3O5S. The topological polar surface area (TPSA) is 96.0 Å². The van der Waals surface area contributed by atoms with Crippen LogP contribution in [-0.2, 0) is 19.6 Å². The van der Waals surface area contributed by atoms with E-state index >= 15 is 0 Å². The van der Waals surface area contributed by atoms with Crippen LogP contribution in [0.1, 0.15) is 52.9 Å². The van der Waals surface area contributed by atoms with Gasteiger partial charge in [-0.3, -0.25) is 4.79 Å². The van der Waals surface area contributed by atoms with E-state index in [2.05, 4.69) is 5.32 Å². The molecule has 2 amide bonds. The molecule has 0 aromatic heterocycles. The van der Waals surface area contributed by atoms with Gasteiger partial charge in [-0.25, -0.2) is 13.2 Å². The zero-order valence-corrected chi connectivity index (χ0v) is 24.0. The molecule has 1 aliphatic carbocycles. The fraction of sp³-hybridized carbons (Fsp3) is 0.571. The first kappa shape index (κ1) is 28.6. The quantitative estimate of drug-likeness (QED) is 0.549. The average Bonchev–Trinajstić information content (AvgIpc) is 3.13. The molecule has 2 aliphatic rings. The lowest BCUT2D eigenvalue weighted by atomic mass is 9.81. The molecule has 4 rings (SSSR count). The largest absolute Gasteiger partial charge is 0.444 e. The number of nitrogens with one attached hydrogen (secondary N) is 1. The van der Waals surface area contributed by atoms with Gasteiger partial charge in [-0.05, 0) is 93.8 Å². The number of benzene rings is 2. The van der Waals surface area contributed by atoms with Gasteiger partial charge in [0.1, 0.15) is 5.60 Å². The molecule has 1 saturated heterocycles. The zero-order valence-electron chi connectivity index (χ0n) is 22.4. The van der Waals surface area contributed by atoms with E-state index in [1.54, 1.807) is 24.3 Å². The van der Waals surface area contributed by atoms with Gasteiger partial charge in [-0.2, -0.15) is 4.31 Å². The molecule has 0 unspecified atom stereocenters. The summed E-state index contributed by atoms with van der Waals surface area (Å²) >= 11 is 6.06. The molecule has 0 bridgehead atoms. The number of hydrogen-bond acceptors (Lipinski definition) is 5. The maximum Gasteiger partial charge on any atom is 0.407 e. The van der Waals surface area contributed by atoms with Crippen LogP contribution in [0, 0.1) is 11.8 Å². The lowest BCUT2D eigenvalue weighted by Crippen LogP contribution is -2.41. The van der Waals surface area contributed by atoms with E-state index in [0.717, 1.165) is 36.5 Å². The van der Waals surface area contributed by atoms with Crippen LogP contribution in [0.15, 0.2) is 41.3 Å². The molecule has 1 heterocycles. The first-order valence-electron chi connectivity index (χ1n) is 13.4. The number of halogens is 1. The highest BCUT2D eigenvalue weighted by Crippen LogP contribution is 2.31. The maximum atomic E-state index is 13.4. The highest BCUT2D eigenvalue weighted by molar-refractivity contribution is 7.89. The summed E-state index contributed by atoms with van der Waals surface area (Å²) in [7, 11) is -3.68. The van der Waals surface area contributed by atoms with E-state index in [9.17, 15) is 18.0 Å². The molecule has 208 valence electrons. The Morgan fingerprint density at radius 1 is 0.974 bits per heavy atom. The lowest BCUT2D eigenvalue weighted by Gasteiger charge is -2.32. The van der Waals surface area contributed by atoms with Crippen molar-refractivity contribution in [1.29, 1.82) is 0 Å². The fourth-order valence-corrected chi connectivity index (χ4v) is 6.96. The van der Waals surface area contributed by atoms with Crippen molar-refractivity contribution in [3.63, 3.8) is 0 Å². The fourth-order valence-electron chi connectivity index (χ4n) is 5.27. The summed E-state index contributed by atoms with van der Waals surface area (Å²) in [5.41, 5.74) is -0.527. The maximum absolute atomic E-state index is 13.4. The Kier molecular flexibility index (Phi) is 8.89. The number of rotatable bonds is 5. The number of ether oxygens (including phenoxy) is 1. The Morgan fingerprint density at radius 2 is 1.66 bits per heavy atom. The summed E-state index contributed by atoms with van der Waals surface area (Å²) in [5.74, 6) is 0.392. The molecule has 0 atom stereocenters. The van der Waals surface area contributed by atoms with Gasteiger partial charge in [-0.15, -0.1) is 0 Å². The van der Waals surface area contributed by atoms with E-state index < -0.39 is 21.7 Å². The highest BCUT2D eigenvalue weighted by Gasteiger charge is 2.33. The minimum atomic E-state index is -3.68. The number of carbonyl (C=O) groups excluding carboxylic acids is 2. The third-order valence-corrected chi connectivity index (χ3v) is 9.44. The summed E-state index contributed by atoms with van der Waals surface area (Å²) in [6.07, 6.45) is 3.48. The number of hydrogen-bond donors (Lipinski definition) is 1. The smallest absolute Gasteiger partial charge is 0.407 e. The van der Waals surface area contributed by atoms with Gasteiger partial charge in [0.2, 0.25) is 15.9 Å².